The summed E-state index contributed by atoms with van der Waals surface area (Å²) < 4.78 is 1.88. The summed E-state index contributed by atoms with van der Waals surface area (Å²) in [5.74, 6) is 0.881. The molecule has 0 aliphatic heterocycles. The predicted octanol–water partition coefficient (Wildman–Crippen LogP) is 4.79. The second-order valence-corrected chi connectivity index (χ2v) is 7.40. The first-order valence-corrected chi connectivity index (χ1v) is 9.52. The van der Waals surface area contributed by atoms with E-state index in [1.54, 1.807) is 6.20 Å². The van der Waals surface area contributed by atoms with Crippen molar-refractivity contribution in [1.29, 1.82) is 0 Å². The van der Waals surface area contributed by atoms with Crippen molar-refractivity contribution in [2.24, 2.45) is 5.92 Å². The van der Waals surface area contributed by atoms with Gasteiger partial charge in [0, 0.05) is 40.8 Å². The van der Waals surface area contributed by atoms with Gasteiger partial charge in [0.1, 0.15) is 0 Å². The van der Waals surface area contributed by atoms with E-state index in [1.165, 1.54) is 0 Å². The second-order valence-electron chi connectivity index (χ2n) is 6.99. The van der Waals surface area contributed by atoms with Crippen LogP contribution < -0.4 is 5.32 Å². The van der Waals surface area contributed by atoms with Gasteiger partial charge in [-0.05, 0) is 42.2 Å². The van der Waals surface area contributed by atoms with Crippen LogP contribution in [0.25, 0.3) is 17.0 Å². The standard InChI is InChI=1S/C22H17ClN4O/c23-19-5-2-1-4-16(19)17-12-18(17)21(28)25-15-8-6-14(7-9-15)20-13-27-11-3-10-24-22(27)26-20/h1-11,13,17-18H,12H2,(H,25,28). The van der Waals surface area contributed by atoms with Crippen molar-refractivity contribution in [3.63, 3.8) is 0 Å². The summed E-state index contributed by atoms with van der Waals surface area (Å²) in [6.45, 7) is 0. The fraction of sp³-hybridized carbons (Fsp3) is 0.136. The van der Waals surface area contributed by atoms with E-state index < -0.39 is 0 Å². The minimum absolute atomic E-state index is 0.0240. The van der Waals surface area contributed by atoms with Gasteiger partial charge in [-0.25, -0.2) is 9.97 Å². The van der Waals surface area contributed by atoms with Crippen LogP contribution in [-0.2, 0) is 4.79 Å². The molecule has 2 heterocycles. The zero-order valence-electron chi connectivity index (χ0n) is 14.9. The zero-order valence-corrected chi connectivity index (χ0v) is 15.7. The molecular formula is C22H17ClN4O. The molecule has 5 nitrogen and oxygen atoms in total. The van der Waals surface area contributed by atoms with Crippen molar-refractivity contribution in [3.05, 3.63) is 83.8 Å². The highest BCUT2D eigenvalue weighted by molar-refractivity contribution is 6.31. The number of carbonyl (C=O) groups excluding carboxylic acids is 1. The SMILES string of the molecule is O=C(Nc1ccc(-c2cn3cccnc3n2)cc1)C1CC1c1ccccc1Cl. The first-order valence-electron chi connectivity index (χ1n) is 9.14. The molecule has 2 unspecified atom stereocenters. The average molecular weight is 389 g/mol. The summed E-state index contributed by atoms with van der Waals surface area (Å²) in [4.78, 5) is 21.3. The van der Waals surface area contributed by atoms with Gasteiger partial charge in [-0.1, -0.05) is 41.9 Å². The molecule has 4 aromatic rings. The van der Waals surface area contributed by atoms with Crippen molar-refractivity contribution < 1.29 is 4.79 Å². The van der Waals surface area contributed by atoms with Crippen LogP contribution in [0.4, 0.5) is 5.69 Å². The molecule has 138 valence electrons. The molecular weight excluding hydrogens is 372 g/mol. The highest BCUT2D eigenvalue weighted by atomic mass is 35.5. The van der Waals surface area contributed by atoms with Crippen molar-refractivity contribution in [2.45, 2.75) is 12.3 Å². The van der Waals surface area contributed by atoms with E-state index >= 15 is 0 Å². The van der Waals surface area contributed by atoms with Gasteiger partial charge in [-0.2, -0.15) is 0 Å². The van der Waals surface area contributed by atoms with E-state index in [0.29, 0.717) is 5.78 Å². The van der Waals surface area contributed by atoms with E-state index in [9.17, 15) is 4.79 Å². The van der Waals surface area contributed by atoms with Crippen molar-refractivity contribution in [2.75, 3.05) is 5.32 Å². The smallest absolute Gasteiger partial charge is 0.234 e. The Morgan fingerprint density at radius 2 is 1.93 bits per heavy atom. The minimum Gasteiger partial charge on any atom is -0.326 e. The Morgan fingerprint density at radius 1 is 1.11 bits per heavy atom. The Hall–Kier alpha value is -3.18. The highest BCUT2D eigenvalue weighted by Crippen LogP contribution is 2.50. The Balaban J connectivity index is 1.28. The lowest BCUT2D eigenvalue weighted by atomic mass is 10.1. The second kappa shape index (κ2) is 6.77. The Bertz CT molecular complexity index is 1140. The maximum atomic E-state index is 12.6. The summed E-state index contributed by atoms with van der Waals surface area (Å²) in [5.41, 5.74) is 3.65. The Kier molecular flexibility index (Phi) is 4.10. The van der Waals surface area contributed by atoms with Gasteiger partial charge in [0.05, 0.1) is 5.69 Å². The lowest BCUT2D eigenvalue weighted by Crippen LogP contribution is -2.14. The number of anilines is 1. The monoisotopic (exact) mass is 388 g/mol. The van der Waals surface area contributed by atoms with Gasteiger partial charge in [0.15, 0.2) is 0 Å². The molecule has 6 heteroatoms. The number of hydrogen-bond acceptors (Lipinski definition) is 3. The van der Waals surface area contributed by atoms with Crippen LogP contribution in [0.5, 0.6) is 0 Å². The van der Waals surface area contributed by atoms with Crippen LogP contribution in [0.3, 0.4) is 0 Å². The fourth-order valence-corrected chi connectivity index (χ4v) is 3.81. The number of nitrogens with one attached hydrogen (secondary N) is 1. The molecule has 2 aromatic heterocycles. The van der Waals surface area contributed by atoms with E-state index in [2.05, 4.69) is 15.3 Å². The minimum atomic E-state index is -0.0240. The quantitative estimate of drug-likeness (QED) is 0.546. The van der Waals surface area contributed by atoms with Crippen LogP contribution in [0.1, 0.15) is 17.9 Å². The van der Waals surface area contributed by atoms with Gasteiger partial charge in [0.2, 0.25) is 11.7 Å². The molecule has 28 heavy (non-hydrogen) atoms. The molecule has 0 radical (unpaired) electrons. The van der Waals surface area contributed by atoms with Gasteiger partial charge in [0.25, 0.3) is 0 Å². The predicted molar refractivity (Wildman–Crippen MR) is 109 cm³/mol. The first-order chi connectivity index (χ1) is 13.7. The summed E-state index contributed by atoms with van der Waals surface area (Å²) in [7, 11) is 0. The largest absolute Gasteiger partial charge is 0.326 e. The third-order valence-electron chi connectivity index (χ3n) is 5.12. The summed E-state index contributed by atoms with van der Waals surface area (Å²) in [6, 6.07) is 17.3. The summed E-state index contributed by atoms with van der Waals surface area (Å²) >= 11 is 6.25. The number of imidazole rings is 1. The summed E-state index contributed by atoms with van der Waals surface area (Å²) in [6.07, 6.45) is 6.41. The third kappa shape index (κ3) is 3.14. The third-order valence-corrected chi connectivity index (χ3v) is 5.46. The van der Waals surface area contributed by atoms with E-state index in [-0.39, 0.29) is 17.7 Å². The van der Waals surface area contributed by atoms with Gasteiger partial charge in [-0.3, -0.25) is 9.20 Å². The van der Waals surface area contributed by atoms with Gasteiger partial charge < -0.3 is 5.32 Å². The van der Waals surface area contributed by atoms with Crippen LogP contribution in [0.15, 0.2) is 73.2 Å². The topological polar surface area (TPSA) is 59.3 Å². The maximum Gasteiger partial charge on any atom is 0.234 e. The molecule has 0 spiro atoms. The fourth-order valence-electron chi connectivity index (χ4n) is 3.53. The molecule has 2 aromatic carbocycles. The lowest BCUT2D eigenvalue weighted by molar-refractivity contribution is -0.117. The Labute approximate surface area is 167 Å². The molecule has 1 amide bonds. The van der Waals surface area contributed by atoms with E-state index in [4.69, 9.17) is 11.6 Å². The average Bonchev–Trinajstić information content (AvgIpc) is 3.39. The first kappa shape index (κ1) is 17.0. The van der Waals surface area contributed by atoms with Gasteiger partial charge >= 0.3 is 0 Å². The summed E-state index contributed by atoms with van der Waals surface area (Å²) in [5, 5.41) is 3.74. The normalized spacial score (nSPS) is 18.2. The number of hydrogen-bond donors (Lipinski definition) is 1. The molecule has 1 saturated carbocycles. The number of carbonyl (C=O) groups is 1. The van der Waals surface area contributed by atoms with Crippen molar-refractivity contribution in [3.8, 4) is 11.3 Å². The maximum absolute atomic E-state index is 12.6. The number of aromatic nitrogens is 3. The molecule has 1 aliphatic rings. The van der Waals surface area contributed by atoms with Crippen LogP contribution in [0, 0.1) is 5.92 Å². The molecule has 0 saturated heterocycles. The van der Waals surface area contributed by atoms with Gasteiger partial charge in [-0.15, -0.1) is 0 Å². The molecule has 1 fully saturated rings. The Morgan fingerprint density at radius 3 is 2.71 bits per heavy atom. The molecule has 0 bridgehead atoms. The number of nitrogens with zero attached hydrogens (tertiary/aromatic N) is 3. The number of benzene rings is 2. The number of halogens is 1. The highest BCUT2D eigenvalue weighted by Gasteiger charge is 2.44. The number of fused-ring (bicyclic) bond motifs is 1. The number of amides is 1. The number of rotatable bonds is 4. The zero-order chi connectivity index (χ0) is 19.1. The molecule has 1 aliphatic carbocycles. The van der Waals surface area contributed by atoms with Crippen LogP contribution >= 0.6 is 11.6 Å². The molecule has 1 N–H and O–H groups in total. The lowest BCUT2D eigenvalue weighted by Gasteiger charge is -2.06. The molecule has 2 atom stereocenters. The van der Waals surface area contributed by atoms with E-state index in [1.807, 2.05) is 71.4 Å². The molecule has 5 rings (SSSR count). The van der Waals surface area contributed by atoms with E-state index in [0.717, 1.165) is 34.0 Å². The van der Waals surface area contributed by atoms with Crippen LogP contribution in [0.2, 0.25) is 5.02 Å². The van der Waals surface area contributed by atoms with Crippen molar-refractivity contribution >= 4 is 29.0 Å². The van der Waals surface area contributed by atoms with Crippen LogP contribution in [-0.4, -0.2) is 20.3 Å². The van der Waals surface area contributed by atoms with Crippen molar-refractivity contribution in [1.82, 2.24) is 14.4 Å².